The molecule has 13 heteroatoms. The first-order valence-corrected chi connectivity index (χ1v) is 22.1. The molecular formula is C41H58FN7O4Si. The number of likely N-dealkylation sites (tertiary alicyclic amines) is 1. The number of rotatable bonds is 14. The zero-order valence-corrected chi connectivity index (χ0v) is 34.5. The van der Waals surface area contributed by atoms with Gasteiger partial charge in [0.1, 0.15) is 17.5 Å². The number of hydrogen-bond donors (Lipinski definition) is 1. The fourth-order valence-corrected chi connectivity index (χ4v) is 9.62. The molecule has 0 saturated carbocycles. The van der Waals surface area contributed by atoms with Gasteiger partial charge in [-0.05, 0) is 100 Å². The molecule has 11 nitrogen and oxygen atoms in total. The number of ether oxygens (including phenoxy) is 2. The van der Waals surface area contributed by atoms with Gasteiger partial charge in [0.05, 0.1) is 30.8 Å². The van der Waals surface area contributed by atoms with Crippen molar-refractivity contribution in [2.24, 2.45) is 5.92 Å². The third-order valence-electron chi connectivity index (χ3n) is 10.5. The van der Waals surface area contributed by atoms with E-state index in [0.717, 1.165) is 24.0 Å². The van der Waals surface area contributed by atoms with Gasteiger partial charge in [0.25, 0.3) is 0 Å². The lowest BCUT2D eigenvalue weighted by atomic mass is 10.00. The van der Waals surface area contributed by atoms with Gasteiger partial charge in [-0.15, -0.1) is 0 Å². The van der Waals surface area contributed by atoms with E-state index in [4.69, 9.17) is 23.9 Å². The van der Waals surface area contributed by atoms with Crippen LogP contribution in [0.5, 0.6) is 5.75 Å². The second-order valence-electron chi connectivity index (χ2n) is 17.3. The third kappa shape index (κ3) is 10.8. The molecule has 1 N–H and O–H groups in total. The van der Waals surface area contributed by atoms with Crippen molar-refractivity contribution in [1.29, 1.82) is 5.26 Å². The topological polar surface area (TPSA) is 126 Å². The maximum absolute atomic E-state index is 15.7. The van der Waals surface area contributed by atoms with Crippen LogP contribution in [0.1, 0.15) is 80.6 Å². The highest BCUT2D eigenvalue weighted by Crippen LogP contribution is 2.45. The number of carbonyl (C=O) groups is 1. The predicted molar refractivity (Wildman–Crippen MR) is 213 cm³/mol. The summed E-state index contributed by atoms with van der Waals surface area (Å²) in [7, 11) is -2.07. The van der Waals surface area contributed by atoms with Crippen LogP contribution in [-0.2, 0) is 14.0 Å². The van der Waals surface area contributed by atoms with Gasteiger partial charge in [-0.1, -0.05) is 33.8 Å². The molecule has 0 spiro atoms. The monoisotopic (exact) mass is 759 g/mol. The summed E-state index contributed by atoms with van der Waals surface area (Å²) >= 11 is 0. The van der Waals surface area contributed by atoms with Crippen molar-refractivity contribution < 1.29 is 23.1 Å². The van der Waals surface area contributed by atoms with E-state index in [2.05, 4.69) is 62.1 Å². The van der Waals surface area contributed by atoms with Crippen LogP contribution in [0.2, 0.25) is 18.1 Å². The minimum absolute atomic E-state index is 0.0155. The maximum atomic E-state index is 15.7. The second-order valence-corrected chi connectivity index (χ2v) is 21.9. The van der Waals surface area contributed by atoms with Crippen LogP contribution in [-0.4, -0.2) is 84.2 Å². The van der Waals surface area contributed by atoms with E-state index in [1.165, 1.54) is 0 Å². The largest absolute Gasteiger partial charge is 0.487 e. The maximum Gasteiger partial charge on any atom is 0.320 e. The van der Waals surface area contributed by atoms with Crippen LogP contribution in [0.25, 0.3) is 11.1 Å². The highest BCUT2D eigenvalue weighted by atomic mass is 28.4. The van der Waals surface area contributed by atoms with Gasteiger partial charge in [0, 0.05) is 49.8 Å². The van der Waals surface area contributed by atoms with E-state index < -0.39 is 19.7 Å². The number of halogens is 1. The number of hydrogen-bond acceptors (Lipinski definition) is 11. The average molecular weight is 760 g/mol. The summed E-state index contributed by atoms with van der Waals surface area (Å²) in [6, 6.07) is 11.0. The molecule has 0 radical (unpaired) electrons. The Hall–Kier alpha value is -4.12. The number of carbonyl (C=O) groups excluding carboxylic acids is 1. The van der Waals surface area contributed by atoms with Crippen molar-refractivity contribution in [3.8, 4) is 22.9 Å². The predicted octanol–water partition coefficient (Wildman–Crippen LogP) is 8.52. The van der Waals surface area contributed by atoms with Crippen molar-refractivity contribution in [1.82, 2.24) is 19.9 Å². The number of pyridine rings is 1. The number of benzene rings is 1. The van der Waals surface area contributed by atoms with Crippen LogP contribution in [0, 0.1) is 23.1 Å². The molecule has 2 saturated heterocycles. The lowest BCUT2D eigenvalue weighted by molar-refractivity contribution is -0.156. The Labute approximate surface area is 321 Å². The minimum Gasteiger partial charge on any atom is -0.487 e. The summed E-state index contributed by atoms with van der Waals surface area (Å²) in [5.74, 6) is 1.05. The molecule has 2 atom stereocenters. The molecule has 5 rings (SSSR count). The van der Waals surface area contributed by atoms with E-state index in [1.807, 2.05) is 37.8 Å². The van der Waals surface area contributed by atoms with Crippen molar-refractivity contribution >= 4 is 31.7 Å². The Morgan fingerprint density at radius 1 is 1.06 bits per heavy atom. The Bertz CT molecular complexity index is 1770. The van der Waals surface area contributed by atoms with Crippen molar-refractivity contribution in [3.05, 3.63) is 54.7 Å². The molecule has 54 heavy (non-hydrogen) atoms. The molecule has 2 aliphatic heterocycles. The zero-order chi connectivity index (χ0) is 39.3. The number of esters is 1. The average Bonchev–Trinajstić information content (AvgIpc) is 3.47. The van der Waals surface area contributed by atoms with Crippen LogP contribution in [0.15, 0.2) is 48.9 Å². The van der Waals surface area contributed by atoms with Crippen LogP contribution in [0.3, 0.4) is 0 Å². The molecule has 2 aliphatic rings. The van der Waals surface area contributed by atoms with Gasteiger partial charge < -0.3 is 24.1 Å². The smallest absolute Gasteiger partial charge is 0.320 e. The molecule has 0 aliphatic carbocycles. The fourth-order valence-electron chi connectivity index (χ4n) is 7.40. The van der Waals surface area contributed by atoms with Crippen molar-refractivity contribution in [2.75, 3.05) is 36.4 Å². The molecule has 2 fully saturated rings. The van der Waals surface area contributed by atoms with Crippen LogP contribution < -0.4 is 15.0 Å². The molecule has 4 heterocycles. The summed E-state index contributed by atoms with van der Waals surface area (Å²) in [4.78, 5) is 30.3. The van der Waals surface area contributed by atoms with E-state index in [0.29, 0.717) is 56.6 Å². The molecule has 3 aromatic rings. The molecule has 0 amide bonds. The quantitative estimate of drug-likeness (QED) is 0.126. The summed E-state index contributed by atoms with van der Waals surface area (Å²) in [5, 5.41) is 12.8. The molecular weight excluding hydrogens is 702 g/mol. The Balaban J connectivity index is 1.20. The first-order chi connectivity index (χ1) is 25.4. The summed E-state index contributed by atoms with van der Waals surface area (Å²) in [6.45, 7) is 21.6. The number of nitriles is 1. The second kappa shape index (κ2) is 17.1. The molecule has 0 bridgehead atoms. The highest BCUT2D eigenvalue weighted by molar-refractivity contribution is 6.74. The summed E-state index contributed by atoms with van der Waals surface area (Å²) in [6.07, 6.45) is 8.65. The molecule has 1 aromatic carbocycles. The summed E-state index contributed by atoms with van der Waals surface area (Å²) in [5.41, 5.74) is 1.33. The lowest BCUT2D eigenvalue weighted by Gasteiger charge is -2.42. The normalized spacial score (nSPS) is 18.8. The van der Waals surface area contributed by atoms with E-state index >= 15 is 4.39 Å². The van der Waals surface area contributed by atoms with E-state index in [9.17, 15) is 10.1 Å². The first kappa shape index (κ1) is 41.0. The zero-order valence-electron chi connectivity index (χ0n) is 33.5. The Morgan fingerprint density at radius 3 is 2.41 bits per heavy atom. The van der Waals surface area contributed by atoms with Crippen molar-refractivity contribution in [3.63, 3.8) is 0 Å². The van der Waals surface area contributed by atoms with E-state index in [-0.39, 0.29) is 47.2 Å². The standard InChI is InChI=1S/C41H58FN7O4Si/c1-28(2)23-41(6,7)54(8,9)53-33-22-31(13-17-43)49(26-33)39-45-24-30(25-46-39)29-14-18-44-36(21-29)47-34-11-10-12-35(38(34)42)51-32-15-19-48(20-16-32)27-37(50)52-40(3,4)5/h10-12,14,18,21,24-25,28,31-33H,13,15-16,19-20,22-23,26-27H2,1-9H3,(H,44,47). The Kier molecular flexibility index (Phi) is 13.0. The fraction of sp³-hybridized carbons (Fsp3) is 0.585. The highest BCUT2D eigenvalue weighted by Gasteiger charge is 2.45. The van der Waals surface area contributed by atoms with Gasteiger partial charge >= 0.3 is 5.97 Å². The summed E-state index contributed by atoms with van der Waals surface area (Å²) < 4.78 is 34.2. The Morgan fingerprint density at radius 2 is 1.76 bits per heavy atom. The SMILES string of the molecule is CC(C)CC(C)(C)[Si](C)(C)OC1CC(CC#N)N(c2ncc(-c3ccnc(Nc4cccc(OC5CCN(CC(=O)OC(C)(C)C)CC5)c4F)c3)cn2)C1. The molecule has 2 unspecified atom stereocenters. The van der Waals surface area contributed by atoms with Gasteiger partial charge in [0.2, 0.25) is 5.95 Å². The number of aromatic nitrogens is 3. The minimum atomic E-state index is -2.07. The van der Waals surface area contributed by atoms with Crippen LogP contribution in [0.4, 0.5) is 21.8 Å². The number of nitrogens with zero attached hydrogens (tertiary/aromatic N) is 6. The molecule has 2 aromatic heterocycles. The van der Waals surface area contributed by atoms with Crippen LogP contribution >= 0.6 is 0 Å². The van der Waals surface area contributed by atoms with Gasteiger partial charge in [-0.25, -0.2) is 19.3 Å². The van der Waals surface area contributed by atoms with Gasteiger partial charge in [0.15, 0.2) is 19.9 Å². The third-order valence-corrected chi connectivity index (χ3v) is 14.9. The molecule has 292 valence electrons. The number of nitrogens with one attached hydrogen (secondary N) is 1. The number of piperidine rings is 1. The lowest BCUT2D eigenvalue weighted by Crippen LogP contribution is -2.46. The van der Waals surface area contributed by atoms with Gasteiger partial charge in [-0.2, -0.15) is 5.26 Å². The first-order valence-electron chi connectivity index (χ1n) is 19.2. The van der Waals surface area contributed by atoms with E-state index in [1.54, 1.807) is 36.8 Å². The number of anilines is 3. The van der Waals surface area contributed by atoms with Crippen molar-refractivity contribution in [2.45, 2.75) is 123 Å². The van der Waals surface area contributed by atoms with Gasteiger partial charge in [-0.3, -0.25) is 9.69 Å².